The van der Waals surface area contributed by atoms with Crippen LogP contribution in [0.15, 0.2) is 42.5 Å². The number of alkyl halides is 3. The van der Waals surface area contributed by atoms with Crippen molar-refractivity contribution in [3.8, 4) is 11.5 Å². The minimum atomic E-state index is -4.89. The molecule has 1 saturated heterocycles. The summed E-state index contributed by atoms with van der Waals surface area (Å²) in [6.45, 7) is 6.50. The zero-order valence-electron chi connectivity index (χ0n) is 31.1. The van der Waals surface area contributed by atoms with Crippen LogP contribution in [-0.4, -0.2) is 82.8 Å². The summed E-state index contributed by atoms with van der Waals surface area (Å²) < 4.78 is 66.6. The summed E-state index contributed by atoms with van der Waals surface area (Å²) in [6, 6.07) is 2.18. The Balaban J connectivity index is 1.42. The van der Waals surface area contributed by atoms with Crippen LogP contribution in [0.3, 0.4) is 0 Å². The largest absolute Gasteiger partial charge is 0.497 e. The Morgan fingerprint density at radius 2 is 1.91 bits per heavy atom. The molecule has 1 spiro atoms. The number of hydrogen-bond acceptors (Lipinski definition) is 9. The molecule has 4 heterocycles. The molecule has 1 aromatic carbocycles. The van der Waals surface area contributed by atoms with E-state index in [1.165, 1.54) is 24.1 Å². The molecule has 0 saturated carbocycles. The lowest BCUT2D eigenvalue weighted by Gasteiger charge is -2.41. The Morgan fingerprint density at radius 1 is 1.13 bits per heavy atom. The van der Waals surface area contributed by atoms with Gasteiger partial charge in [-0.2, -0.15) is 13.2 Å². The molecule has 12 nitrogen and oxygen atoms in total. The fourth-order valence-electron chi connectivity index (χ4n) is 7.73. The van der Waals surface area contributed by atoms with E-state index in [0.717, 1.165) is 6.42 Å². The highest BCUT2D eigenvalue weighted by atomic mass is 19.4. The van der Waals surface area contributed by atoms with Gasteiger partial charge in [-0.25, -0.2) is 14.6 Å². The molecule has 5 unspecified atom stereocenters. The Morgan fingerprint density at radius 3 is 2.57 bits per heavy atom. The molecule has 0 radical (unpaired) electrons. The summed E-state index contributed by atoms with van der Waals surface area (Å²) in [5, 5.41) is 5.98. The molecule has 2 N–H and O–H groups in total. The maximum Gasteiger partial charge on any atom is 0.437 e. The van der Waals surface area contributed by atoms with Crippen molar-refractivity contribution in [3.63, 3.8) is 0 Å². The van der Waals surface area contributed by atoms with Crippen LogP contribution in [0.25, 0.3) is 10.9 Å². The number of methoxy groups -OCH3 is 1. The first-order valence-corrected chi connectivity index (χ1v) is 18.4. The normalized spacial score (nSPS) is 27.3. The lowest BCUT2D eigenvalue weighted by molar-refractivity contribution is -0.154. The predicted octanol–water partition coefficient (Wildman–Crippen LogP) is 5.94. The van der Waals surface area contributed by atoms with Gasteiger partial charge in [-0.15, -0.1) is 0 Å². The van der Waals surface area contributed by atoms with Crippen LogP contribution < -0.4 is 20.1 Å². The second-order valence-electron chi connectivity index (χ2n) is 15.3. The van der Waals surface area contributed by atoms with Gasteiger partial charge in [0.25, 0.3) is 0 Å². The second kappa shape index (κ2) is 14.8. The molecule has 1 aliphatic carbocycles. The van der Waals surface area contributed by atoms with Crippen molar-refractivity contribution in [1.82, 2.24) is 20.5 Å². The Kier molecular flexibility index (Phi) is 10.6. The number of rotatable bonds is 4. The zero-order chi connectivity index (χ0) is 39.1. The monoisotopic (exact) mass is 756 g/mol. The van der Waals surface area contributed by atoms with Crippen molar-refractivity contribution < 1.29 is 51.3 Å². The van der Waals surface area contributed by atoms with Gasteiger partial charge in [-0.3, -0.25) is 9.59 Å². The van der Waals surface area contributed by atoms with Crippen LogP contribution in [0.1, 0.15) is 83.9 Å². The molecule has 1 aromatic heterocycles. The number of fused-ring (bicyclic) bond motifs is 5. The first-order valence-electron chi connectivity index (χ1n) is 18.4. The molecule has 54 heavy (non-hydrogen) atoms. The summed E-state index contributed by atoms with van der Waals surface area (Å²) in [4.78, 5) is 60.9. The van der Waals surface area contributed by atoms with E-state index in [4.69, 9.17) is 18.9 Å². The van der Waals surface area contributed by atoms with E-state index in [1.54, 1.807) is 45.9 Å². The third-order valence-corrected chi connectivity index (χ3v) is 10.4. The molecule has 6 rings (SSSR count). The van der Waals surface area contributed by atoms with Crippen LogP contribution in [0.4, 0.5) is 18.0 Å². The summed E-state index contributed by atoms with van der Waals surface area (Å²) in [6.07, 6.45) is 4.38. The zero-order valence-corrected chi connectivity index (χ0v) is 31.1. The number of allylic oxidation sites excluding steroid dienone is 1. The number of alkyl carbamates (subject to hydrolysis) is 1. The summed E-state index contributed by atoms with van der Waals surface area (Å²) >= 11 is 0. The second-order valence-corrected chi connectivity index (χ2v) is 15.3. The number of carbonyl (C=O) groups excluding carboxylic acids is 4. The highest BCUT2D eigenvalue weighted by Gasteiger charge is 2.57. The fourth-order valence-corrected chi connectivity index (χ4v) is 7.73. The average molecular weight is 757 g/mol. The van der Waals surface area contributed by atoms with E-state index < -0.39 is 76.2 Å². The Labute approximate surface area is 311 Å². The summed E-state index contributed by atoms with van der Waals surface area (Å²) in [7, 11) is 1.45. The molecular weight excluding hydrogens is 709 g/mol. The van der Waals surface area contributed by atoms with Gasteiger partial charge in [0.05, 0.1) is 25.8 Å². The lowest BCUT2D eigenvalue weighted by atomic mass is 9.73. The van der Waals surface area contributed by atoms with Gasteiger partial charge < -0.3 is 34.5 Å². The van der Waals surface area contributed by atoms with Gasteiger partial charge in [-0.05, 0) is 78.0 Å². The number of nitrogens with zero attached hydrogens (tertiary/aromatic N) is 2. The molecule has 5 atom stereocenters. The standard InChI is InChI=1S/C39H47F3N4O8/c1-6-52-34(49)38-19-16-23(38)12-10-8-7-9-11-13-28(44-35(50)54-36(2,3)4)33(48)46-22-37(21-29(46)32(47)45-38)18-17-25-26-20-24(51-5)14-15-27(26)43-31(30(25)53-37)39(40,41)42/h10,12,14-16,19-20,23,28-29H,6-9,11,13,17-18,21-22H2,1-5H3,(H,44,50)(H,45,47). The van der Waals surface area contributed by atoms with Crippen molar-refractivity contribution >= 4 is 34.8 Å². The van der Waals surface area contributed by atoms with E-state index in [9.17, 15) is 32.3 Å². The number of aromatic nitrogens is 1. The van der Waals surface area contributed by atoms with Gasteiger partial charge in [0.2, 0.25) is 11.8 Å². The van der Waals surface area contributed by atoms with Crippen molar-refractivity contribution in [2.24, 2.45) is 5.92 Å². The van der Waals surface area contributed by atoms with Crippen LogP contribution in [0.5, 0.6) is 11.5 Å². The SMILES string of the molecule is CCOC(=O)C12C=CC1C=CCCCCCC(NC(=O)OC(C)(C)C)C(=O)N1CC3(CCc4c(c(C(F)(F)F)nc5ccc(OC)cc45)O3)CC1C(=O)N2. The number of amides is 3. The summed E-state index contributed by atoms with van der Waals surface area (Å²) in [5.41, 5.74) is -4.69. The van der Waals surface area contributed by atoms with E-state index in [-0.39, 0.29) is 49.9 Å². The highest BCUT2D eigenvalue weighted by molar-refractivity contribution is 5.97. The topological polar surface area (TPSA) is 145 Å². The molecular formula is C39H47F3N4O8. The van der Waals surface area contributed by atoms with Crippen LogP contribution >= 0.6 is 0 Å². The Bertz CT molecular complexity index is 1870. The molecule has 292 valence electrons. The van der Waals surface area contributed by atoms with Gasteiger partial charge >= 0.3 is 18.2 Å². The summed E-state index contributed by atoms with van der Waals surface area (Å²) in [5.74, 6) is -2.59. The molecule has 4 aliphatic rings. The lowest BCUT2D eigenvalue weighted by Crippen LogP contribution is -2.65. The maximum atomic E-state index is 14.7. The molecule has 3 aliphatic heterocycles. The number of aryl methyl sites for hydroxylation is 1. The van der Waals surface area contributed by atoms with Crippen molar-refractivity contribution in [2.45, 2.75) is 114 Å². The predicted molar refractivity (Wildman–Crippen MR) is 191 cm³/mol. The number of ether oxygens (including phenoxy) is 4. The van der Waals surface area contributed by atoms with Crippen molar-refractivity contribution in [1.29, 1.82) is 0 Å². The van der Waals surface area contributed by atoms with Gasteiger partial charge in [-0.1, -0.05) is 37.1 Å². The number of halogens is 3. The van der Waals surface area contributed by atoms with Crippen molar-refractivity contribution in [2.75, 3.05) is 20.3 Å². The van der Waals surface area contributed by atoms with Crippen LogP contribution in [-0.2, 0) is 36.5 Å². The number of carbonyl (C=O) groups is 4. The molecule has 2 aromatic rings. The Hall–Kier alpha value is -4.82. The van der Waals surface area contributed by atoms with Gasteiger partial charge in [0, 0.05) is 23.3 Å². The number of esters is 1. The number of benzene rings is 1. The van der Waals surface area contributed by atoms with E-state index in [2.05, 4.69) is 15.6 Å². The first kappa shape index (κ1) is 38.9. The van der Waals surface area contributed by atoms with Gasteiger partial charge in [0.1, 0.15) is 29.0 Å². The number of nitrogens with one attached hydrogen (secondary N) is 2. The third-order valence-electron chi connectivity index (χ3n) is 10.4. The average Bonchev–Trinajstić information content (AvgIpc) is 3.46. The van der Waals surface area contributed by atoms with Crippen LogP contribution in [0.2, 0.25) is 0 Å². The van der Waals surface area contributed by atoms with Gasteiger partial charge in [0.15, 0.2) is 17.0 Å². The molecule has 1 fully saturated rings. The quantitative estimate of drug-likeness (QED) is 0.286. The number of pyridine rings is 1. The molecule has 3 amide bonds. The molecule has 15 heteroatoms. The van der Waals surface area contributed by atoms with E-state index in [0.29, 0.717) is 30.4 Å². The third kappa shape index (κ3) is 7.72. The first-order chi connectivity index (χ1) is 25.5. The van der Waals surface area contributed by atoms with E-state index in [1.807, 2.05) is 12.2 Å². The maximum absolute atomic E-state index is 14.7. The minimum Gasteiger partial charge on any atom is -0.497 e. The smallest absolute Gasteiger partial charge is 0.437 e. The fraction of sp³-hybridized carbons (Fsp3) is 0.564. The van der Waals surface area contributed by atoms with Crippen LogP contribution in [0, 0.1) is 5.92 Å². The minimum absolute atomic E-state index is 0.0548. The van der Waals surface area contributed by atoms with E-state index >= 15 is 0 Å². The van der Waals surface area contributed by atoms with Crippen molar-refractivity contribution in [3.05, 3.63) is 53.8 Å². The molecule has 0 bridgehead atoms. The number of hydrogen-bond donors (Lipinski definition) is 2. The highest BCUT2D eigenvalue weighted by Crippen LogP contribution is 2.49.